The summed E-state index contributed by atoms with van der Waals surface area (Å²) < 4.78 is 29.1. The summed E-state index contributed by atoms with van der Waals surface area (Å²) >= 11 is 0. The fourth-order valence-electron chi connectivity index (χ4n) is 4.45. The van der Waals surface area contributed by atoms with Gasteiger partial charge in [-0.15, -0.1) is 0 Å². The van der Waals surface area contributed by atoms with Crippen LogP contribution >= 0.6 is 0 Å². The third-order valence-electron chi connectivity index (χ3n) is 5.67. The van der Waals surface area contributed by atoms with Crippen LogP contribution in [-0.4, -0.2) is 31.3 Å². The SMILES string of the molecule is CC(C)(C)N(OS(C)(=O)=O)C1CCC(c2ccccc2)(c2ccccc2)CC1. The highest BCUT2D eigenvalue weighted by Gasteiger charge is 2.42. The van der Waals surface area contributed by atoms with E-state index in [1.165, 1.54) is 11.1 Å². The highest BCUT2D eigenvalue weighted by Crippen LogP contribution is 2.46. The van der Waals surface area contributed by atoms with Crippen LogP contribution in [0.25, 0.3) is 0 Å². The third kappa shape index (κ3) is 4.65. The van der Waals surface area contributed by atoms with E-state index in [1.54, 1.807) is 5.06 Å². The van der Waals surface area contributed by atoms with Gasteiger partial charge in [0.1, 0.15) is 0 Å². The van der Waals surface area contributed by atoms with E-state index in [0.717, 1.165) is 31.9 Å². The van der Waals surface area contributed by atoms with Crippen LogP contribution in [0.1, 0.15) is 57.6 Å². The molecule has 3 rings (SSSR count). The molecular formula is C23H31NO3S. The average molecular weight is 402 g/mol. The lowest BCUT2D eigenvalue weighted by Crippen LogP contribution is -2.51. The number of hydroxylamine groups is 2. The molecule has 1 aliphatic carbocycles. The van der Waals surface area contributed by atoms with Gasteiger partial charge >= 0.3 is 0 Å². The zero-order valence-electron chi connectivity index (χ0n) is 17.3. The quantitative estimate of drug-likeness (QED) is 0.668. The fourth-order valence-corrected chi connectivity index (χ4v) is 5.09. The monoisotopic (exact) mass is 401 g/mol. The first-order valence-corrected chi connectivity index (χ1v) is 11.7. The van der Waals surface area contributed by atoms with Gasteiger partial charge in [-0.1, -0.05) is 60.7 Å². The van der Waals surface area contributed by atoms with E-state index in [9.17, 15) is 8.42 Å². The fraction of sp³-hybridized carbons (Fsp3) is 0.478. The molecule has 0 aromatic heterocycles. The maximum absolute atomic E-state index is 11.8. The minimum absolute atomic E-state index is 0.0480. The summed E-state index contributed by atoms with van der Waals surface area (Å²) in [6, 6.07) is 21.4. The summed E-state index contributed by atoms with van der Waals surface area (Å²) in [5.41, 5.74) is 2.21. The molecular weight excluding hydrogens is 370 g/mol. The Kier molecular flexibility index (Phi) is 5.99. The molecule has 0 bridgehead atoms. The predicted octanol–water partition coefficient (Wildman–Crippen LogP) is 4.91. The van der Waals surface area contributed by atoms with E-state index in [-0.39, 0.29) is 11.5 Å². The Morgan fingerprint density at radius 2 is 1.32 bits per heavy atom. The minimum atomic E-state index is -3.56. The molecule has 0 saturated heterocycles. The molecule has 1 fully saturated rings. The van der Waals surface area contributed by atoms with Crippen molar-refractivity contribution in [2.24, 2.45) is 0 Å². The molecule has 0 radical (unpaired) electrons. The smallest absolute Gasteiger partial charge is 0.198 e. The topological polar surface area (TPSA) is 46.6 Å². The second-order valence-electron chi connectivity index (χ2n) is 8.82. The van der Waals surface area contributed by atoms with Gasteiger partial charge in [0.05, 0.1) is 6.26 Å². The van der Waals surface area contributed by atoms with Gasteiger partial charge in [-0.2, -0.15) is 17.8 Å². The molecule has 1 saturated carbocycles. The molecule has 0 atom stereocenters. The molecule has 1 aliphatic rings. The van der Waals surface area contributed by atoms with E-state index < -0.39 is 15.7 Å². The number of hydrogen-bond acceptors (Lipinski definition) is 4. The average Bonchev–Trinajstić information content (AvgIpc) is 2.66. The molecule has 0 N–H and O–H groups in total. The zero-order valence-corrected chi connectivity index (χ0v) is 18.1. The third-order valence-corrected chi connectivity index (χ3v) is 6.10. The van der Waals surface area contributed by atoms with Gasteiger partial charge in [0.25, 0.3) is 10.1 Å². The second kappa shape index (κ2) is 7.97. The molecule has 0 aliphatic heterocycles. The summed E-state index contributed by atoms with van der Waals surface area (Å²) in [4.78, 5) is 0. The van der Waals surface area contributed by atoms with Crippen molar-refractivity contribution in [2.45, 2.75) is 63.5 Å². The molecule has 28 heavy (non-hydrogen) atoms. The molecule has 0 amide bonds. The lowest BCUT2D eigenvalue weighted by Gasteiger charge is -2.46. The van der Waals surface area contributed by atoms with Crippen LogP contribution in [-0.2, 0) is 19.8 Å². The Hall–Kier alpha value is -1.69. The maximum Gasteiger partial charge on any atom is 0.280 e. The van der Waals surface area contributed by atoms with Gasteiger partial charge in [-0.25, -0.2) is 0 Å². The van der Waals surface area contributed by atoms with E-state index >= 15 is 0 Å². The summed E-state index contributed by atoms with van der Waals surface area (Å²) in [6.07, 6.45) is 4.76. The molecule has 0 heterocycles. The number of benzene rings is 2. The second-order valence-corrected chi connectivity index (χ2v) is 10.4. The van der Waals surface area contributed by atoms with Crippen molar-refractivity contribution in [2.75, 3.05) is 6.26 Å². The Balaban J connectivity index is 1.91. The van der Waals surface area contributed by atoms with Crippen LogP contribution in [0.2, 0.25) is 0 Å². The van der Waals surface area contributed by atoms with Gasteiger partial charge in [0.2, 0.25) is 0 Å². The molecule has 152 valence electrons. The summed E-state index contributed by atoms with van der Waals surface area (Å²) in [7, 11) is -3.56. The van der Waals surface area contributed by atoms with Gasteiger partial charge in [-0.3, -0.25) is 0 Å². The Bertz CT molecular complexity index is 824. The van der Waals surface area contributed by atoms with Crippen molar-refractivity contribution < 1.29 is 12.7 Å². The van der Waals surface area contributed by atoms with Crippen LogP contribution in [0.4, 0.5) is 0 Å². The van der Waals surface area contributed by atoms with Crippen molar-refractivity contribution in [3.63, 3.8) is 0 Å². The van der Waals surface area contributed by atoms with Gasteiger partial charge in [0.15, 0.2) is 0 Å². The lowest BCUT2D eigenvalue weighted by atomic mass is 9.64. The maximum atomic E-state index is 11.8. The molecule has 0 spiro atoms. The molecule has 0 unspecified atom stereocenters. The molecule has 2 aromatic rings. The first kappa shape index (κ1) is 21.0. The minimum Gasteiger partial charge on any atom is -0.198 e. The Morgan fingerprint density at radius 3 is 1.68 bits per heavy atom. The van der Waals surface area contributed by atoms with Crippen LogP contribution < -0.4 is 0 Å². The Labute approximate surface area is 169 Å². The number of nitrogens with zero attached hydrogens (tertiary/aromatic N) is 1. The van der Waals surface area contributed by atoms with Crippen LogP contribution in [0.5, 0.6) is 0 Å². The predicted molar refractivity (Wildman–Crippen MR) is 113 cm³/mol. The van der Waals surface area contributed by atoms with E-state index in [0.29, 0.717) is 0 Å². The van der Waals surface area contributed by atoms with Crippen molar-refractivity contribution >= 4 is 10.1 Å². The summed E-state index contributed by atoms with van der Waals surface area (Å²) in [5.74, 6) is 0. The molecule has 5 heteroatoms. The van der Waals surface area contributed by atoms with Gasteiger partial charge in [-0.05, 0) is 57.6 Å². The zero-order chi connectivity index (χ0) is 20.4. The lowest BCUT2D eigenvalue weighted by molar-refractivity contribution is -0.163. The largest absolute Gasteiger partial charge is 0.280 e. The Morgan fingerprint density at radius 1 is 0.893 bits per heavy atom. The summed E-state index contributed by atoms with van der Waals surface area (Å²) in [6.45, 7) is 5.98. The first-order valence-electron chi connectivity index (χ1n) is 9.92. The summed E-state index contributed by atoms with van der Waals surface area (Å²) in [5, 5.41) is 1.70. The molecule has 2 aromatic carbocycles. The van der Waals surface area contributed by atoms with E-state index in [1.807, 2.05) is 20.8 Å². The van der Waals surface area contributed by atoms with Crippen LogP contribution in [0, 0.1) is 0 Å². The van der Waals surface area contributed by atoms with E-state index in [2.05, 4.69) is 60.7 Å². The van der Waals surface area contributed by atoms with Gasteiger partial charge in [0, 0.05) is 17.0 Å². The molecule has 4 nitrogen and oxygen atoms in total. The van der Waals surface area contributed by atoms with Crippen molar-refractivity contribution in [1.29, 1.82) is 0 Å². The van der Waals surface area contributed by atoms with Crippen molar-refractivity contribution in [1.82, 2.24) is 5.06 Å². The van der Waals surface area contributed by atoms with Crippen LogP contribution in [0.15, 0.2) is 60.7 Å². The van der Waals surface area contributed by atoms with E-state index in [4.69, 9.17) is 4.28 Å². The van der Waals surface area contributed by atoms with Crippen LogP contribution in [0.3, 0.4) is 0 Å². The van der Waals surface area contributed by atoms with Crippen molar-refractivity contribution in [3.05, 3.63) is 71.8 Å². The highest BCUT2D eigenvalue weighted by atomic mass is 32.2. The normalized spacial score (nSPS) is 18.3. The first-order chi connectivity index (χ1) is 13.1. The van der Waals surface area contributed by atoms with Crippen molar-refractivity contribution in [3.8, 4) is 0 Å². The number of hydrogen-bond donors (Lipinski definition) is 0. The highest BCUT2D eigenvalue weighted by molar-refractivity contribution is 7.85. The standard InChI is InChI=1S/C23H31NO3S/c1-22(2,3)24(27-28(4,25)26)21-15-17-23(18-16-21,19-11-7-5-8-12-19)20-13-9-6-10-14-20/h5-14,21H,15-18H2,1-4H3. The number of rotatable bonds is 5. The van der Waals surface area contributed by atoms with Gasteiger partial charge < -0.3 is 0 Å².